The SMILES string of the molecule is C#C.CC.COC(C)(C)C.O=C[C@@H]1CCCN1C=O. The molecule has 0 bridgehead atoms. The van der Waals surface area contributed by atoms with Gasteiger partial charge >= 0.3 is 0 Å². The van der Waals surface area contributed by atoms with Gasteiger partial charge in [-0.1, -0.05) is 13.8 Å². The van der Waals surface area contributed by atoms with Crippen LogP contribution in [0.15, 0.2) is 0 Å². The quantitative estimate of drug-likeness (QED) is 0.572. The van der Waals surface area contributed by atoms with Gasteiger partial charge in [-0.25, -0.2) is 0 Å². The van der Waals surface area contributed by atoms with Gasteiger partial charge in [-0.2, -0.15) is 0 Å². The summed E-state index contributed by atoms with van der Waals surface area (Å²) in [5.74, 6) is 0. The molecule has 4 heteroatoms. The summed E-state index contributed by atoms with van der Waals surface area (Å²) in [6.07, 6.45) is 11.4. The van der Waals surface area contributed by atoms with E-state index in [4.69, 9.17) is 4.74 Å². The molecule has 1 aliphatic rings. The zero-order chi connectivity index (χ0) is 15.9. The first-order valence-electron chi connectivity index (χ1n) is 6.49. The fourth-order valence-corrected chi connectivity index (χ4v) is 1.09. The Morgan fingerprint density at radius 3 is 1.84 bits per heavy atom. The average Bonchev–Trinajstić information content (AvgIpc) is 2.90. The third kappa shape index (κ3) is 14.6. The van der Waals surface area contributed by atoms with Crippen molar-refractivity contribution < 1.29 is 14.3 Å². The van der Waals surface area contributed by atoms with E-state index in [1.165, 1.54) is 4.90 Å². The number of nitrogens with zero attached hydrogens (tertiary/aromatic N) is 1. The van der Waals surface area contributed by atoms with Crippen molar-refractivity contribution in [3.63, 3.8) is 0 Å². The minimum atomic E-state index is -0.137. The van der Waals surface area contributed by atoms with E-state index >= 15 is 0 Å². The number of amides is 1. The van der Waals surface area contributed by atoms with E-state index in [0.717, 1.165) is 32.1 Å². The normalized spacial score (nSPS) is 16.6. The van der Waals surface area contributed by atoms with Crippen LogP contribution in [0.25, 0.3) is 0 Å². The number of methoxy groups -OCH3 is 1. The fraction of sp³-hybridized carbons (Fsp3) is 0.733. The Balaban J connectivity index is -0.000000224. The Kier molecular flexibility index (Phi) is 17.7. The number of carbonyl (C=O) groups excluding carboxylic acids is 2. The predicted octanol–water partition coefficient (Wildman–Crippen LogP) is 2.51. The minimum Gasteiger partial charge on any atom is -0.379 e. The second-order valence-electron chi connectivity index (χ2n) is 4.51. The van der Waals surface area contributed by atoms with Gasteiger partial charge in [-0.3, -0.25) is 4.79 Å². The van der Waals surface area contributed by atoms with Crippen LogP contribution < -0.4 is 0 Å². The molecule has 0 aliphatic carbocycles. The zero-order valence-corrected chi connectivity index (χ0v) is 13.2. The third-order valence-electron chi connectivity index (χ3n) is 2.25. The molecule has 4 nitrogen and oxygen atoms in total. The lowest BCUT2D eigenvalue weighted by Gasteiger charge is -2.14. The molecule has 0 saturated carbocycles. The number of hydrogen-bond acceptors (Lipinski definition) is 3. The first kappa shape index (κ1) is 22.8. The van der Waals surface area contributed by atoms with Crippen molar-refractivity contribution in [2.75, 3.05) is 13.7 Å². The van der Waals surface area contributed by atoms with Crippen molar-refractivity contribution in [3.8, 4) is 12.8 Å². The Bertz CT molecular complexity index is 217. The van der Waals surface area contributed by atoms with Gasteiger partial charge in [0.1, 0.15) is 6.29 Å². The van der Waals surface area contributed by atoms with Crippen molar-refractivity contribution in [2.45, 2.75) is 59.1 Å². The maximum Gasteiger partial charge on any atom is 0.210 e. The molecule has 0 N–H and O–H groups in total. The summed E-state index contributed by atoms with van der Waals surface area (Å²) in [6.45, 7) is 10.8. The Hall–Kier alpha value is -1.34. The zero-order valence-electron chi connectivity index (χ0n) is 13.2. The summed E-state index contributed by atoms with van der Waals surface area (Å²) >= 11 is 0. The van der Waals surface area contributed by atoms with E-state index < -0.39 is 0 Å². The maximum atomic E-state index is 10.2. The number of likely N-dealkylation sites (tertiary alicyclic amines) is 1. The number of rotatable bonds is 2. The molecule has 112 valence electrons. The van der Waals surface area contributed by atoms with Gasteiger partial charge in [-0.05, 0) is 33.6 Å². The Morgan fingerprint density at radius 1 is 1.21 bits per heavy atom. The van der Waals surface area contributed by atoms with Crippen molar-refractivity contribution in [1.29, 1.82) is 0 Å². The minimum absolute atomic E-state index is 0.0417. The van der Waals surface area contributed by atoms with Crippen LogP contribution in [0.4, 0.5) is 0 Å². The topological polar surface area (TPSA) is 46.6 Å². The molecule has 0 spiro atoms. The Labute approximate surface area is 118 Å². The molecule has 1 saturated heterocycles. The van der Waals surface area contributed by atoms with Crippen molar-refractivity contribution in [1.82, 2.24) is 4.90 Å². The number of ether oxygens (including phenoxy) is 1. The maximum absolute atomic E-state index is 10.2. The lowest BCUT2D eigenvalue weighted by Crippen LogP contribution is -2.28. The molecule has 0 aromatic carbocycles. The summed E-state index contributed by atoms with van der Waals surface area (Å²) in [5, 5.41) is 0. The molecule has 1 aliphatic heterocycles. The van der Waals surface area contributed by atoms with E-state index in [1.54, 1.807) is 7.11 Å². The highest BCUT2D eigenvalue weighted by Crippen LogP contribution is 2.11. The van der Waals surface area contributed by atoms with Crippen molar-refractivity contribution >= 4 is 12.7 Å². The highest BCUT2D eigenvalue weighted by molar-refractivity contribution is 5.64. The molecule has 1 rings (SSSR count). The second kappa shape index (κ2) is 14.7. The molecule has 0 unspecified atom stereocenters. The van der Waals surface area contributed by atoms with Crippen LogP contribution in [0, 0.1) is 12.8 Å². The van der Waals surface area contributed by atoms with E-state index in [1.807, 2.05) is 34.6 Å². The summed E-state index contributed by atoms with van der Waals surface area (Å²) in [7, 11) is 1.71. The van der Waals surface area contributed by atoms with Crippen LogP contribution >= 0.6 is 0 Å². The highest BCUT2D eigenvalue weighted by atomic mass is 16.5. The highest BCUT2D eigenvalue weighted by Gasteiger charge is 2.21. The fourth-order valence-electron chi connectivity index (χ4n) is 1.09. The molecule has 1 amide bonds. The standard InChI is InChI=1S/C6H9NO2.C5H12O.C2H6.C2H2/c8-4-6-2-1-3-7(6)5-9;1-5(2,3)6-4;2*1-2/h4-6H,1-3H2;1-4H3;1-2H3;1-2H/t6-;;;/m0.../s1. The van der Waals surface area contributed by atoms with E-state index in [0.29, 0.717) is 0 Å². The van der Waals surface area contributed by atoms with Crippen LogP contribution in [-0.4, -0.2) is 42.9 Å². The molecule has 1 heterocycles. The van der Waals surface area contributed by atoms with E-state index in [9.17, 15) is 9.59 Å². The first-order valence-corrected chi connectivity index (χ1v) is 6.49. The molecule has 19 heavy (non-hydrogen) atoms. The first-order chi connectivity index (χ1) is 8.94. The summed E-state index contributed by atoms with van der Waals surface area (Å²) in [6, 6.07) is -0.137. The Morgan fingerprint density at radius 2 is 1.63 bits per heavy atom. The van der Waals surface area contributed by atoms with Gasteiger partial charge in [-0.15, -0.1) is 12.8 Å². The second-order valence-corrected chi connectivity index (χ2v) is 4.51. The van der Waals surface area contributed by atoms with Gasteiger partial charge < -0.3 is 14.4 Å². The van der Waals surface area contributed by atoms with Crippen LogP contribution in [0.5, 0.6) is 0 Å². The largest absolute Gasteiger partial charge is 0.379 e. The van der Waals surface area contributed by atoms with Crippen molar-refractivity contribution in [2.24, 2.45) is 0 Å². The van der Waals surface area contributed by atoms with Crippen molar-refractivity contribution in [3.05, 3.63) is 0 Å². The van der Waals surface area contributed by atoms with Crippen LogP contribution in [-0.2, 0) is 14.3 Å². The smallest absolute Gasteiger partial charge is 0.210 e. The molecule has 0 aromatic rings. The molecular formula is C15H29NO3. The lowest BCUT2D eigenvalue weighted by molar-refractivity contribution is -0.123. The number of aldehydes is 1. The monoisotopic (exact) mass is 271 g/mol. The molecule has 1 atom stereocenters. The summed E-state index contributed by atoms with van der Waals surface area (Å²) in [4.78, 5) is 21.9. The average molecular weight is 271 g/mol. The summed E-state index contributed by atoms with van der Waals surface area (Å²) < 4.78 is 4.94. The van der Waals surface area contributed by atoms with E-state index in [-0.39, 0.29) is 11.6 Å². The number of terminal acetylenes is 1. The van der Waals surface area contributed by atoms with Crippen LogP contribution in [0.2, 0.25) is 0 Å². The lowest BCUT2D eigenvalue weighted by atomic mass is 10.2. The van der Waals surface area contributed by atoms with Gasteiger partial charge in [0.15, 0.2) is 0 Å². The molecule has 0 aromatic heterocycles. The number of carbonyl (C=O) groups is 2. The molecular weight excluding hydrogens is 242 g/mol. The third-order valence-corrected chi connectivity index (χ3v) is 2.25. The van der Waals surface area contributed by atoms with Gasteiger partial charge in [0.2, 0.25) is 6.41 Å². The molecule has 0 radical (unpaired) electrons. The predicted molar refractivity (Wildman–Crippen MR) is 79.9 cm³/mol. The van der Waals surface area contributed by atoms with Crippen LogP contribution in [0.3, 0.4) is 0 Å². The molecule has 1 fully saturated rings. The van der Waals surface area contributed by atoms with Gasteiger partial charge in [0.05, 0.1) is 11.6 Å². The van der Waals surface area contributed by atoms with E-state index in [2.05, 4.69) is 12.8 Å². The van der Waals surface area contributed by atoms with Crippen LogP contribution in [0.1, 0.15) is 47.5 Å². The van der Waals surface area contributed by atoms with Gasteiger partial charge in [0, 0.05) is 13.7 Å². The number of hydrogen-bond donors (Lipinski definition) is 0. The summed E-state index contributed by atoms with van der Waals surface area (Å²) in [5.41, 5.74) is 0.0417. The van der Waals surface area contributed by atoms with Gasteiger partial charge in [0.25, 0.3) is 0 Å².